The van der Waals surface area contributed by atoms with Crippen LogP contribution in [0.1, 0.15) is 19.8 Å². The third-order valence-electron chi connectivity index (χ3n) is 2.04. The molecule has 0 spiro atoms. The first-order chi connectivity index (χ1) is 5.13. The van der Waals surface area contributed by atoms with Crippen LogP contribution in [0, 0.1) is 5.92 Å². The molecule has 2 nitrogen and oxygen atoms in total. The Hall–Kier alpha value is -0.0900. The minimum Gasteiger partial charge on any atom is -0.169 e. The van der Waals surface area contributed by atoms with E-state index in [1.807, 2.05) is 12.1 Å². The average molecular weight is 189 g/mol. The SMILES string of the molecule is CC1CCCN(C)[N+](=S)C1=S. The Kier molecular flexibility index (Phi) is 2.90. The summed E-state index contributed by atoms with van der Waals surface area (Å²) in [6.45, 7) is 3.16. The van der Waals surface area contributed by atoms with E-state index in [-0.39, 0.29) is 0 Å². The van der Waals surface area contributed by atoms with Crippen molar-refractivity contribution in [1.82, 2.24) is 5.01 Å². The van der Waals surface area contributed by atoms with Gasteiger partial charge in [0.25, 0.3) is 4.99 Å². The van der Waals surface area contributed by atoms with Crippen molar-refractivity contribution in [2.24, 2.45) is 5.92 Å². The zero-order valence-electron chi connectivity index (χ0n) is 6.91. The second-order valence-corrected chi connectivity index (χ2v) is 3.80. The maximum Gasteiger partial charge on any atom is 0.305 e. The van der Waals surface area contributed by atoms with Crippen molar-refractivity contribution in [3.63, 3.8) is 0 Å². The van der Waals surface area contributed by atoms with Gasteiger partial charge in [-0.25, -0.2) is 0 Å². The fourth-order valence-electron chi connectivity index (χ4n) is 1.20. The van der Waals surface area contributed by atoms with Gasteiger partial charge in [-0.2, -0.15) is 5.01 Å². The summed E-state index contributed by atoms with van der Waals surface area (Å²) in [5.74, 6) is 0.465. The Morgan fingerprint density at radius 2 is 2.27 bits per heavy atom. The molecule has 62 valence electrons. The molecule has 0 aliphatic carbocycles. The van der Waals surface area contributed by atoms with Gasteiger partial charge in [-0.3, -0.25) is 0 Å². The third-order valence-corrected chi connectivity index (χ3v) is 3.21. The molecule has 0 radical (unpaired) electrons. The molecular formula is C7H13N2S2+. The molecule has 0 N–H and O–H groups in total. The summed E-state index contributed by atoms with van der Waals surface area (Å²) in [6.07, 6.45) is 2.35. The molecule has 0 aromatic carbocycles. The lowest BCUT2D eigenvalue weighted by molar-refractivity contribution is -0.563. The summed E-state index contributed by atoms with van der Waals surface area (Å²) in [5.41, 5.74) is 0. The highest BCUT2D eigenvalue weighted by Gasteiger charge is 2.28. The smallest absolute Gasteiger partial charge is 0.169 e. The summed E-state index contributed by atoms with van der Waals surface area (Å²) in [7, 11) is 1.98. The van der Waals surface area contributed by atoms with Gasteiger partial charge in [0.05, 0.1) is 19.5 Å². The van der Waals surface area contributed by atoms with Crippen molar-refractivity contribution in [2.45, 2.75) is 19.8 Å². The van der Waals surface area contributed by atoms with Crippen LogP contribution in [0.15, 0.2) is 0 Å². The second-order valence-electron chi connectivity index (χ2n) is 3.04. The van der Waals surface area contributed by atoms with Gasteiger partial charge >= 0.3 is 12.4 Å². The van der Waals surface area contributed by atoms with E-state index in [0.717, 1.165) is 18.0 Å². The Morgan fingerprint density at radius 3 is 2.91 bits per heavy atom. The number of hydrogen-bond donors (Lipinski definition) is 0. The zero-order valence-corrected chi connectivity index (χ0v) is 8.54. The normalized spacial score (nSPS) is 27.1. The molecule has 1 saturated heterocycles. The first-order valence-corrected chi connectivity index (χ1v) is 4.62. The lowest BCUT2D eigenvalue weighted by Gasteiger charge is -2.07. The van der Waals surface area contributed by atoms with Crippen LogP contribution in [0.5, 0.6) is 0 Å². The summed E-state index contributed by atoms with van der Waals surface area (Å²) in [5, 5.41) is 2.00. The highest BCUT2D eigenvalue weighted by molar-refractivity contribution is 7.80. The van der Waals surface area contributed by atoms with Gasteiger partial charge < -0.3 is 0 Å². The van der Waals surface area contributed by atoms with E-state index in [0.29, 0.717) is 5.92 Å². The van der Waals surface area contributed by atoms with Crippen LogP contribution in [0.3, 0.4) is 0 Å². The van der Waals surface area contributed by atoms with Crippen LogP contribution in [-0.2, 0) is 12.4 Å². The highest BCUT2D eigenvalue weighted by Crippen LogP contribution is 2.14. The number of thiocarbonyl (C=S) groups is 1. The number of nitrogens with zero attached hydrogens (tertiary/aromatic N) is 2. The van der Waals surface area contributed by atoms with Crippen molar-refractivity contribution >= 4 is 29.6 Å². The molecule has 1 aliphatic rings. The molecule has 0 saturated carbocycles. The van der Waals surface area contributed by atoms with Crippen molar-refractivity contribution in [3.8, 4) is 0 Å². The predicted molar refractivity (Wildman–Crippen MR) is 51.3 cm³/mol. The maximum atomic E-state index is 5.19. The van der Waals surface area contributed by atoms with E-state index in [4.69, 9.17) is 24.6 Å². The molecule has 1 atom stereocenters. The van der Waals surface area contributed by atoms with Crippen LogP contribution in [0.25, 0.3) is 0 Å². The molecule has 0 aromatic rings. The first kappa shape index (κ1) is 9.00. The molecule has 1 heterocycles. The number of hydrazine groups is 1. The van der Waals surface area contributed by atoms with Gasteiger partial charge in [0.15, 0.2) is 0 Å². The molecule has 11 heavy (non-hydrogen) atoms. The molecule has 4 heteroatoms. The summed E-state index contributed by atoms with van der Waals surface area (Å²) >= 11 is 10.3. The lowest BCUT2D eigenvalue weighted by atomic mass is 10.1. The van der Waals surface area contributed by atoms with E-state index in [2.05, 4.69) is 6.92 Å². The largest absolute Gasteiger partial charge is 0.305 e. The van der Waals surface area contributed by atoms with E-state index >= 15 is 0 Å². The van der Waals surface area contributed by atoms with E-state index in [9.17, 15) is 0 Å². The van der Waals surface area contributed by atoms with E-state index in [1.54, 1.807) is 4.05 Å². The molecule has 1 rings (SSSR count). The van der Waals surface area contributed by atoms with Crippen molar-refractivity contribution < 1.29 is 4.05 Å². The molecule has 0 aromatic heterocycles. The maximum absolute atomic E-state index is 5.19. The Bertz CT molecular complexity index is 171. The minimum absolute atomic E-state index is 0.465. The molecule has 0 bridgehead atoms. The van der Waals surface area contributed by atoms with Gasteiger partial charge in [-0.05, 0) is 25.1 Å². The van der Waals surface area contributed by atoms with E-state index < -0.39 is 0 Å². The van der Waals surface area contributed by atoms with Gasteiger partial charge in [-0.15, -0.1) is 0 Å². The van der Waals surface area contributed by atoms with Crippen LogP contribution < -0.4 is 0 Å². The predicted octanol–water partition coefficient (Wildman–Crippen LogP) is 1.33. The Labute approximate surface area is 78.3 Å². The van der Waals surface area contributed by atoms with Gasteiger partial charge in [-0.1, -0.05) is 6.92 Å². The molecule has 1 aliphatic heterocycles. The summed E-state index contributed by atoms with van der Waals surface area (Å²) < 4.78 is 1.67. The van der Waals surface area contributed by atoms with Crippen LogP contribution >= 0.6 is 12.2 Å². The number of rotatable bonds is 0. The second kappa shape index (κ2) is 3.54. The van der Waals surface area contributed by atoms with Crippen LogP contribution in [-0.4, -0.2) is 27.6 Å². The van der Waals surface area contributed by atoms with Gasteiger partial charge in [0, 0.05) is 4.05 Å². The fourth-order valence-corrected chi connectivity index (χ4v) is 1.72. The Morgan fingerprint density at radius 1 is 1.64 bits per heavy atom. The quantitative estimate of drug-likeness (QED) is 0.419. The minimum atomic E-state index is 0.465. The lowest BCUT2D eigenvalue weighted by Crippen LogP contribution is -2.33. The van der Waals surface area contributed by atoms with Crippen molar-refractivity contribution in [2.75, 3.05) is 13.6 Å². The molecule has 1 fully saturated rings. The van der Waals surface area contributed by atoms with Gasteiger partial charge in [0.2, 0.25) is 0 Å². The zero-order chi connectivity index (χ0) is 8.43. The highest BCUT2D eigenvalue weighted by atomic mass is 32.1. The molecular weight excluding hydrogens is 176 g/mol. The fraction of sp³-hybridized carbons (Fsp3) is 0.857. The first-order valence-electron chi connectivity index (χ1n) is 3.85. The van der Waals surface area contributed by atoms with Gasteiger partial charge in [0.1, 0.15) is 0 Å². The van der Waals surface area contributed by atoms with E-state index in [1.165, 1.54) is 6.42 Å². The molecule has 1 unspecified atom stereocenters. The van der Waals surface area contributed by atoms with Crippen LogP contribution in [0.2, 0.25) is 0 Å². The summed E-state index contributed by atoms with van der Waals surface area (Å²) in [6, 6.07) is 0. The van der Waals surface area contributed by atoms with Crippen molar-refractivity contribution in [3.05, 3.63) is 0 Å². The monoisotopic (exact) mass is 189 g/mol. The Balaban J connectivity index is 2.74. The topological polar surface area (TPSA) is 6.25 Å². The number of hydrogen-bond acceptors (Lipinski definition) is 2. The van der Waals surface area contributed by atoms with Crippen LogP contribution in [0.4, 0.5) is 0 Å². The standard InChI is InChI=1S/C7H13N2S2/c1-6-4-3-5-8(2)9(11)7(6)10/h6H,3-5H2,1-2H3/q+1. The van der Waals surface area contributed by atoms with Crippen molar-refractivity contribution in [1.29, 1.82) is 0 Å². The summed E-state index contributed by atoms with van der Waals surface area (Å²) in [4.78, 5) is 0.889. The third kappa shape index (κ3) is 1.93. The molecule has 0 amide bonds. The average Bonchev–Trinajstić information content (AvgIpc) is 2.07.